The highest BCUT2D eigenvalue weighted by Gasteiger charge is 2.16. The van der Waals surface area contributed by atoms with Gasteiger partial charge in [-0.15, -0.1) is 0 Å². The van der Waals surface area contributed by atoms with Crippen molar-refractivity contribution in [1.29, 1.82) is 0 Å². The maximum atomic E-state index is 4.26. The van der Waals surface area contributed by atoms with Crippen LogP contribution in [-0.2, 0) is 0 Å². The largest absolute Gasteiger partial charge is 0.336 e. The Bertz CT molecular complexity index is 316. The van der Waals surface area contributed by atoms with E-state index in [1.54, 1.807) is 0 Å². The molecule has 4 heteroatoms. The Balaban J connectivity index is 2.21. The van der Waals surface area contributed by atoms with Crippen molar-refractivity contribution in [2.75, 3.05) is 6.54 Å². The summed E-state index contributed by atoms with van der Waals surface area (Å²) in [7, 11) is 0. The van der Waals surface area contributed by atoms with E-state index in [0.717, 1.165) is 16.1 Å². The summed E-state index contributed by atoms with van der Waals surface area (Å²) in [5.41, 5.74) is 1.38. The van der Waals surface area contributed by atoms with Crippen molar-refractivity contribution < 1.29 is 0 Å². The van der Waals surface area contributed by atoms with Gasteiger partial charge in [0.05, 0.1) is 15.9 Å². The van der Waals surface area contributed by atoms with Crippen LogP contribution in [0.4, 0.5) is 0 Å². The number of hydrogen-bond donors (Lipinski definition) is 2. The number of aromatic nitrogens is 2. The van der Waals surface area contributed by atoms with Gasteiger partial charge in [-0.05, 0) is 29.5 Å². The van der Waals surface area contributed by atoms with Crippen LogP contribution in [0.5, 0.6) is 0 Å². The van der Waals surface area contributed by atoms with Crippen molar-refractivity contribution in [3.05, 3.63) is 27.4 Å². The summed E-state index contributed by atoms with van der Waals surface area (Å²) < 4.78 is 1.09. The van der Waals surface area contributed by atoms with Crippen molar-refractivity contribution in [2.45, 2.75) is 13.0 Å². The van der Waals surface area contributed by atoms with E-state index in [9.17, 15) is 0 Å². The number of hydrogen-bond acceptors (Lipinski definition) is 2. The van der Waals surface area contributed by atoms with Crippen molar-refractivity contribution in [3.8, 4) is 0 Å². The predicted molar refractivity (Wildman–Crippen MR) is 55.8 cm³/mol. The zero-order valence-corrected chi connectivity index (χ0v) is 8.92. The number of H-pyrrole nitrogens is 1. The molecule has 1 aliphatic heterocycles. The summed E-state index contributed by atoms with van der Waals surface area (Å²) in [5, 5.41) is 3.35. The first-order valence-electron chi connectivity index (χ1n) is 3.87. The minimum atomic E-state index is 0.286. The Labute approximate surface area is 84.8 Å². The normalized spacial score (nSPS) is 22.8. The first-order valence-corrected chi connectivity index (χ1v) is 4.94. The molecule has 0 saturated carbocycles. The van der Waals surface area contributed by atoms with Gasteiger partial charge in [-0.2, -0.15) is 0 Å². The summed E-state index contributed by atoms with van der Waals surface area (Å²) >= 11 is 2.23. The summed E-state index contributed by atoms with van der Waals surface area (Å²) in [4.78, 5) is 7.47. The van der Waals surface area contributed by atoms with E-state index in [0.29, 0.717) is 0 Å². The van der Waals surface area contributed by atoms with E-state index in [4.69, 9.17) is 0 Å². The average molecular weight is 275 g/mol. The van der Waals surface area contributed by atoms with E-state index in [1.807, 2.05) is 6.20 Å². The van der Waals surface area contributed by atoms with Gasteiger partial charge in [-0.3, -0.25) is 0 Å². The lowest BCUT2D eigenvalue weighted by molar-refractivity contribution is 0.672. The fourth-order valence-electron chi connectivity index (χ4n) is 1.32. The molecule has 0 radical (unpaired) electrons. The quantitative estimate of drug-likeness (QED) is 0.604. The Morgan fingerprint density at radius 2 is 2.50 bits per heavy atom. The molecule has 0 spiro atoms. The molecule has 64 valence electrons. The molecule has 0 bridgehead atoms. The number of halogens is 1. The summed E-state index contributed by atoms with van der Waals surface area (Å²) in [6.07, 6.45) is 4.05. The molecule has 0 aromatic carbocycles. The molecule has 1 aliphatic rings. The number of aromatic amines is 1. The minimum absolute atomic E-state index is 0.286. The number of imidazole rings is 1. The average Bonchev–Trinajstić information content (AvgIpc) is 2.58. The van der Waals surface area contributed by atoms with Crippen molar-refractivity contribution in [1.82, 2.24) is 15.3 Å². The highest BCUT2D eigenvalue weighted by Crippen LogP contribution is 2.18. The van der Waals surface area contributed by atoms with Gasteiger partial charge in [0.25, 0.3) is 0 Å². The maximum absolute atomic E-state index is 4.26. The lowest BCUT2D eigenvalue weighted by Crippen LogP contribution is -2.15. The van der Waals surface area contributed by atoms with Crippen LogP contribution in [0.3, 0.4) is 0 Å². The molecule has 2 N–H and O–H groups in total. The monoisotopic (exact) mass is 275 g/mol. The first-order chi connectivity index (χ1) is 5.75. The second-order valence-corrected chi connectivity index (χ2v) is 4.15. The SMILES string of the molecule is CC1=C[C@@H](c2ncc(I)[nH]2)NC1. The van der Waals surface area contributed by atoms with E-state index >= 15 is 0 Å². The van der Waals surface area contributed by atoms with Gasteiger partial charge in [0.15, 0.2) is 0 Å². The van der Waals surface area contributed by atoms with Crippen molar-refractivity contribution >= 4 is 22.6 Å². The van der Waals surface area contributed by atoms with Gasteiger partial charge in [0.1, 0.15) is 5.82 Å². The van der Waals surface area contributed by atoms with Crippen LogP contribution in [0.15, 0.2) is 17.8 Å². The van der Waals surface area contributed by atoms with Gasteiger partial charge in [-0.1, -0.05) is 11.6 Å². The molecule has 1 aromatic heterocycles. The van der Waals surface area contributed by atoms with Crippen LogP contribution in [0.2, 0.25) is 0 Å². The molecule has 2 rings (SSSR count). The fourth-order valence-corrected chi connectivity index (χ4v) is 1.74. The van der Waals surface area contributed by atoms with Crippen LogP contribution in [0, 0.1) is 3.70 Å². The van der Waals surface area contributed by atoms with Crippen LogP contribution < -0.4 is 5.32 Å². The van der Waals surface area contributed by atoms with Crippen LogP contribution >= 0.6 is 22.6 Å². The van der Waals surface area contributed by atoms with E-state index in [-0.39, 0.29) is 6.04 Å². The molecular weight excluding hydrogens is 265 g/mol. The summed E-state index contributed by atoms with van der Waals surface area (Å²) in [6.45, 7) is 3.10. The van der Waals surface area contributed by atoms with Gasteiger partial charge in [0, 0.05) is 6.54 Å². The Kier molecular flexibility index (Phi) is 2.18. The zero-order chi connectivity index (χ0) is 8.55. The molecule has 3 nitrogen and oxygen atoms in total. The lowest BCUT2D eigenvalue weighted by atomic mass is 10.2. The molecular formula is C8H10IN3. The minimum Gasteiger partial charge on any atom is -0.336 e. The standard InChI is InChI=1S/C8H10IN3/c1-5-2-6(10-3-5)8-11-4-7(9)12-8/h2,4,6,10H,3H2,1H3,(H,11,12)/t6-/m0/s1. The van der Waals surface area contributed by atoms with Crippen LogP contribution in [-0.4, -0.2) is 16.5 Å². The Hall–Kier alpha value is -0.360. The van der Waals surface area contributed by atoms with Crippen molar-refractivity contribution in [2.24, 2.45) is 0 Å². The fraction of sp³-hybridized carbons (Fsp3) is 0.375. The highest BCUT2D eigenvalue weighted by molar-refractivity contribution is 14.1. The zero-order valence-electron chi connectivity index (χ0n) is 6.76. The van der Waals surface area contributed by atoms with Crippen LogP contribution in [0.25, 0.3) is 0 Å². The third-order valence-corrected chi connectivity index (χ3v) is 2.46. The summed E-state index contributed by atoms with van der Waals surface area (Å²) in [5.74, 6) is 1.01. The molecule has 0 fully saturated rings. The molecule has 1 atom stereocenters. The molecule has 0 aliphatic carbocycles. The van der Waals surface area contributed by atoms with E-state index in [2.05, 4.69) is 50.9 Å². The topological polar surface area (TPSA) is 40.7 Å². The van der Waals surface area contributed by atoms with Gasteiger partial charge in [0.2, 0.25) is 0 Å². The lowest BCUT2D eigenvalue weighted by Gasteiger charge is -2.03. The number of rotatable bonds is 1. The predicted octanol–water partition coefficient (Wildman–Crippen LogP) is 1.60. The summed E-state index contributed by atoms with van der Waals surface area (Å²) in [6, 6.07) is 0.286. The van der Waals surface area contributed by atoms with Gasteiger partial charge in [-0.25, -0.2) is 4.98 Å². The third kappa shape index (κ3) is 1.54. The van der Waals surface area contributed by atoms with Gasteiger partial charge >= 0.3 is 0 Å². The Morgan fingerprint density at radius 1 is 1.67 bits per heavy atom. The van der Waals surface area contributed by atoms with E-state index < -0.39 is 0 Å². The molecule has 1 aromatic rings. The van der Waals surface area contributed by atoms with Crippen LogP contribution in [0.1, 0.15) is 18.8 Å². The maximum Gasteiger partial charge on any atom is 0.128 e. The molecule has 0 amide bonds. The first kappa shape index (κ1) is 8.25. The smallest absolute Gasteiger partial charge is 0.128 e. The third-order valence-electron chi connectivity index (χ3n) is 1.91. The highest BCUT2D eigenvalue weighted by atomic mass is 127. The second-order valence-electron chi connectivity index (χ2n) is 2.99. The number of nitrogens with one attached hydrogen (secondary N) is 2. The number of nitrogens with zero attached hydrogens (tertiary/aromatic N) is 1. The molecule has 0 unspecified atom stereocenters. The Morgan fingerprint density at radius 3 is 3.00 bits per heavy atom. The molecule has 12 heavy (non-hydrogen) atoms. The molecule has 2 heterocycles. The van der Waals surface area contributed by atoms with E-state index in [1.165, 1.54) is 5.57 Å². The second kappa shape index (κ2) is 3.18. The van der Waals surface area contributed by atoms with Crippen molar-refractivity contribution in [3.63, 3.8) is 0 Å². The molecule has 0 saturated heterocycles. The van der Waals surface area contributed by atoms with Gasteiger partial charge < -0.3 is 10.3 Å².